The van der Waals surface area contributed by atoms with Crippen LogP contribution in [0.4, 0.5) is 11.4 Å². The number of likely N-dealkylation sites (tertiary alicyclic amines) is 1. The molecule has 2 aliphatic heterocycles. The van der Waals surface area contributed by atoms with Gasteiger partial charge < -0.3 is 10.0 Å². The van der Waals surface area contributed by atoms with Crippen LogP contribution in [0.25, 0.3) is 0 Å². The van der Waals surface area contributed by atoms with Gasteiger partial charge in [-0.3, -0.25) is 24.6 Å². The number of hydrogen-bond acceptors (Lipinski definition) is 6. The number of non-ortho nitro benzene ring substituents is 1. The third kappa shape index (κ3) is 1.91. The van der Waals surface area contributed by atoms with Gasteiger partial charge in [0.2, 0.25) is 11.8 Å². The van der Waals surface area contributed by atoms with E-state index in [2.05, 4.69) is 4.90 Å². The van der Waals surface area contributed by atoms with Gasteiger partial charge >= 0.3 is 5.97 Å². The number of carbonyl (C=O) groups excluding carboxylic acids is 2. The normalized spacial score (nSPS) is 36.6. The lowest BCUT2D eigenvalue weighted by Gasteiger charge is -2.23. The lowest BCUT2D eigenvalue weighted by molar-refractivity contribution is -0.384. The van der Waals surface area contributed by atoms with E-state index >= 15 is 0 Å². The van der Waals surface area contributed by atoms with Crippen molar-refractivity contribution in [2.45, 2.75) is 31.5 Å². The highest BCUT2D eigenvalue weighted by Gasteiger charge is 2.76. The molecule has 5 rings (SSSR count). The molecule has 2 aliphatic carbocycles. The maximum Gasteiger partial charge on any atom is 0.326 e. The minimum absolute atomic E-state index is 0.0225. The lowest BCUT2D eigenvalue weighted by atomic mass is 9.81. The molecule has 0 spiro atoms. The third-order valence-corrected chi connectivity index (χ3v) is 6.78. The van der Waals surface area contributed by atoms with Crippen LogP contribution >= 0.6 is 0 Å². The summed E-state index contributed by atoms with van der Waals surface area (Å²) in [6.07, 6.45) is 0.806. The molecule has 7 atom stereocenters. The van der Waals surface area contributed by atoms with Crippen molar-refractivity contribution in [3.05, 3.63) is 34.4 Å². The number of nitro benzene ring substituents is 1. The summed E-state index contributed by atoms with van der Waals surface area (Å²) in [7, 11) is 0. The zero-order valence-electron chi connectivity index (χ0n) is 14.4. The van der Waals surface area contributed by atoms with Crippen molar-refractivity contribution in [3.8, 4) is 0 Å². The summed E-state index contributed by atoms with van der Waals surface area (Å²) in [5.74, 6) is -2.71. The highest BCUT2D eigenvalue weighted by Crippen LogP contribution is 2.66. The number of carboxylic acid groups (broad SMARTS) is 1. The summed E-state index contributed by atoms with van der Waals surface area (Å²) in [6.45, 7) is 1.37. The summed E-state index contributed by atoms with van der Waals surface area (Å²) in [5.41, 5.74) is 0.884. The van der Waals surface area contributed by atoms with Crippen LogP contribution in [0.15, 0.2) is 24.3 Å². The maximum atomic E-state index is 12.8. The van der Waals surface area contributed by atoms with Crippen LogP contribution in [-0.2, 0) is 14.4 Å². The van der Waals surface area contributed by atoms with Crippen LogP contribution < -0.4 is 4.90 Å². The SMILES string of the molecule is CC(C(=O)O)N1C(=O)C2C3CC(C2C1=O)C1C3N1c1ccc([N+](=O)[O-])cc1. The van der Waals surface area contributed by atoms with E-state index in [1.54, 1.807) is 12.1 Å². The molecular weight excluding hydrogens is 354 g/mol. The molecule has 2 amide bonds. The fourth-order valence-corrected chi connectivity index (χ4v) is 5.72. The molecule has 1 aromatic carbocycles. The Balaban J connectivity index is 1.41. The van der Waals surface area contributed by atoms with Crippen LogP contribution in [-0.4, -0.2) is 50.8 Å². The number of anilines is 1. The van der Waals surface area contributed by atoms with Crippen molar-refractivity contribution in [1.82, 2.24) is 4.90 Å². The molecule has 9 nitrogen and oxygen atoms in total. The standard InChI is InChI=1S/C18H17N3O6/c1-7(18(24)25)19-16(22)12-10-6-11(13(12)17(19)23)15-14(10)20(15)8-2-4-9(5-3-8)21(26)27/h2-5,7,10-15H,6H2,1H3,(H,24,25). The first kappa shape index (κ1) is 16.2. The molecule has 0 aromatic heterocycles. The molecule has 2 saturated heterocycles. The molecule has 9 heteroatoms. The molecule has 1 aromatic rings. The van der Waals surface area contributed by atoms with Gasteiger partial charge in [-0.15, -0.1) is 0 Å². The van der Waals surface area contributed by atoms with E-state index in [0.29, 0.717) is 0 Å². The Morgan fingerprint density at radius 2 is 1.67 bits per heavy atom. The third-order valence-electron chi connectivity index (χ3n) is 6.78. The minimum Gasteiger partial charge on any atom is -0.480 e. The second-order valence-electron chi connectivity index (χ2n) is 7.84. The van der Waals surface area contributed by atoms with E-state index in [9.17, 15) is 29.6 Å². The molecule has 0 radical (unpaired) electrons. The number of carbonyl (C=O) groups is 3. The Kier molecular flexibility index (Phi) is 3.04. The number of piperidine rings is 1. The highest BCUT2D eigenvalue weighted by atomic mass is 16.6. The largest absolute Gasteiger partial charge is 0.480 e. The molecule has 27 heavy (non-hydrogen) atoms. The number of nitro groups is 1. The Morgan fingerprint density at radius 3 is 2.11 bits per heavy atom. The summed E-state index contributed by atoms with van der Waals surface area (Å²) in [6, 6.07) is 5.47. The van der Waals surface area contributed by atoms with Gasteiger partial charge in [-0.25, -0.2) is 4.79 Å². The number of nitrogens with zero attached hydrogens (tertiary/aromatic N) is 3. The minimum atomic E-state index is -1.18. The van der Waals surface area contributed by atoms with Crippen LogP contribution in [0.2, 0.25) is 0 Å². The zero-order valence-corrected chi connectivity index (χ0v) is 14.4. The van der Waals surface area contributed by atoms with Crippen molar-refractivity contribution >= 4 is 29.2 Å². The van der Waals surface area contributed by atoms with Crippen LogP contribution in [0.5, 0.6) is 0 Å². The Labute approximate surface area is 153 Å². The van der Waals surface area contributed by atoms with Gasteiger partial charge in [-0.05, 0) is 37.3 Å². The van der Waals surface area contributed by atoms with Gasteiger partial charge in [0.15, 0.2) is 0 Å². The van der Waals surface area contributed by atoms with Gasteiger partial charge in [0.25, 0.3) is 5.69 Å². The fraction of sp³-hybridized carbons (Fsp3) is 0.500. The molecule has 4 fully saturated rings. The van der Waals surface area contributed by atoms with E-state index in [-0.39, 0.29) is 41.4 Å². The number of amides is 2. The Hall–Kier alpha value is -2.97. The molecule has 2 heterocycles. The lowest BCUT2D eigenvalue weighted by Crippen LogP contribution is -2.44. The predicted molar refractivity (Wildman–Crippen MR) is 90.7 cm³/mol. The number of rotatable bonds is 4. The van der Waals surface area contributed by atoms with E-state index < -0.39 is 28.8 Å². The van der Waals surface area contributed by atoms with Crippen molar-refractivity contribution in [1.29, 1.82) is 0 Å². The van der Waals surface area contributed by atoms with Gasteiger partial charge in [-0.2, -0.15) is 0 Å². The highest BCUT2D eigenvalue weighted by molar-refractivity contribution is 6.09. The molecule has 140 valence electrons. The van der Waals surface area contributed by atoms with Crippen molar-refractivity contribution in [3.63, 3.8) is 0 Å². The first-order chi connectivity index (χ1) is 12.8. The second-order valence-corrected chi connectivity index (χ2v) is 7.84. The molecule has 2 saturated carbocycles. The van der Waals surface area contributed by atoms with Gasteiger partial charge in [0.1, 0.15) is 6.04 Å². The van der Waals surface area contributed by atoms with Crippen molar-refractivity contribution < 1.29 is 24.4 Å². The number of carboxylic acids is 1. The average Bonchev–Trinajstić information content (AvgIpc) is 2.97. The molecule has 1 N–H and O–H groups in total. The summed E-state index contributed by atoms with van der Waals surface area (Å²) < 4.78 is 0. The number of fused-ring (bicyclic) bond motifs is 8. The van der Waals surface area contributed by atoms with Crippen LogP contribution in [0, 0.1) is 33.8 Å². The molecular formula is C18H17N3O6. The summed E-state index contributed by atoms with van der Waals surface area (Å²) in [5, 5.41) is 20.0. The second kappa shape index (κ2) is 5.05. The van der Waals surface area contributed by atoms with Gasteiger partial charge in [0, 0.05) is 17.8 Å². The summed E-state index contributed by atoms with van der Waals surface area (Å²) in [4.78, 5) is 50.3. The number of benzene rings is 1. The monoisotopic (exact) mass is 371 g/mol. The van der Waals surface area contributed by atoms with Crippen molar-refractivity contribution in [2.24, 2.45) is 23.7 Å². The number of imide groups is 1. The molecule has 4 aliphatic rings. The topological polar surface area (TPSA) is 121 Å². The van der Waals surface area contributed by atoms with E-state index in [1.165, 1.54) is 19.1 Å². The van der Waals surface area contributed by atoms with E-state index in [4.69, 9.17) is 0 Å². The summed E-state index contributed by atoms with van der Waals surface area (Å²) >= 11 is 0. The molecule has 2 bridgehead atoms. The van der Waals surface area contributed by atoms with Crippen LogP contribution in [0.3, 0.4) is 0 Å². The van der Waals surface area contributed by atoms with E-state index in [1.807, 2.05) is 0 Å². The first-order valence-electron chi connectivity index (χ1n) is 8.95. The van der Waals surface area contributed by atoms with Gasteiger partial charge in [-0.1, -0.05) is 0 Å². The molecule has 7 unspecified atom stereocenters. The van der Waals surface area contributed by atoms with Gasteiger partial charge in [0.05, 0.1) is 28.8 Å². The zero-order chi connectivity index (χ0) is 19.2. The predicted octanol–water partition coefficient (Wildman–Crippen LogP) is 0.876. The van der Waals surface area contributed by atoms with Crippen molar-refractivity contribution in [2.75, 3.05) is 4.90 Å². The fourth-order valence-electron chi connectivity index (χ4n) is 5.72. The maximum absolute atomic E-state index is 12.8. The van der Waals surface area contributed by atoms with Crippen LogP contribution in [0.1, 0.15) is 13.3 Å². The number of aliphatic carboxylic acids is 1. The van der Waals surface area contributed by atoms with E-state index in [0.717, 1.165) is 17.0 Å². The quantitative estimate of drug-likeness (QED) is 0.361. The number of hydrogen-bond donors (Lipinski definition) is 1. The first-order valence-corrected chi connectivity index (χ1v) is 8.95. The average molecular weight is 371 g/mol. The Bertz CT molecular complexity index is 865. The Morgan fingerprint density at radius 1 is 1.15 bits per heavy atom. The smallest absolute Gasteiger partial charge is 0.326 e.